The Morgan fingerprint density at radius 2 is 2.00 bits per heavy atom. The van der Waals surface area contributed by atoms with Crippen molar-refractivity contribution >= 4 is 5.78 Å². The number of halogens is 3. The highest BCUT2D eigenvalue weighted by Gasteiger charge is 2.31. The average Bonchev–Trinajstić information content (AvgIpc) is 2.40. The van der Waals surface area contributed by atoms with E-state index in [1.165, 1.54) is 18.2 Å². The van der Waals surface area contributed by atoms with E-state index in [2.05, 4.69) is 4.74 Å². The first kappa shape index (κ1) is 15.8. The van der Waals surface area contributed by atoms with Crippen molar-refractivity contribution in [1.29, 1.82) is 0 Å². The molecule has 7 heteroatoms. The van der Waals surface area contributed by atoms with E-state index in [0.29, 0.717) is 0 Å². The number of hydrogen-bond donors (Lipinski definition) is 1. The Morgan fingerprint density at radius 3 is 2.62 bits per heavy atom. The minimum Gasteiger partial charge on any atom is -0.406 e. The molecule has 2 rings (SSSR count). The Kier molecular flexibility index (Phi) is 4.84. The Labute approximate surface area is 120 Å². The van der Waals surface area contributed by atoms with Crippen molar-refractivity contribution < 1.29 is 22.7 Å². The van der Waals surface area contributed by atoms with Crippen LogP contribution in [0.2, 0.25) is 0 Å². The van der Waals surface area contributed by atoms with Crippen molar-refractivity contribution in [2.24, 2.45) is 5.73 Å². The third-order valence-corrected chi connectivity index (χ3v) is 3.39. The number of carbonyl (C=O) groups is 1. The van der Waals surface area contributed by atoms with E-state index in [0.717, 1.165) is 32.0 Å². The van der Waals surface area contributed by atoms with E-state index in [-0.39, 0.29) is 29.7 Å². The van der Waals surface area contributed by atoms with Crippen molar-refractivity contribution in [2.75, 3.05) is 19.6 Å². The molecule has 0 bridgehead atoms. The number of alkyl halides is 3. The number of rotatable bonds is 4. The number of nitrogens with two attached hydrogens (primary N) is 1. The number of nitrogens with zero attached hydrogens (tertiary/aromatic N) is 1. The second-order valence-electron chi connectivity index (χ2n) is 5.11. The zero-order valence-corrected chi connectivity index (χ0v) is 11.4. The summed E-state index contributed by atoms with van der Waals surface area (Å²) in [5, 5.41) is 0. The third kappa shape index (κ3) is 5.02. The molecule has 1 saturated heterocycles. The van der Waals surface area contributed by atoms with Gasteiger partial charge in [0.2, 0.25) is 0 Å². The minimum absolute atomic E-state index is 0.167. The van der Waals surface area contributed by atoms with Crippen molar-refractivity contribution in [3.63, 3.8) is 0 Å². The molecule has 1 heterocycles. The van der Waals surface area contributed by atoms with Gasteiger partial charge in [-0.3, -0.25) is 9.69 Å². The predicted molar refractivity (Wildman–Crippen MR) is 71.1 cm³/mol. The Balaban J connectivity index is 1.97. The molecule has 0 unspecified atom stereocenters. The van der Waals surface area contributed by atoms with E-state index >= 15 is 0 Å². The van der Waals surface area contributed by atoms with E-state index in [9.17, 15) is 18.0 Å². The van der Waals surface area contributed by atoms with Gasteiger partial charge in [-0.2, -0.15) is 0 Å². The van der Waals surface area contributed by atoms with E-state index in [4.69, 9.17) is 5.73 Å². The normalized spacial score (nSPS) is 17.7. The molecule has 116 valence electrons. The Morgan fingerprint density at radius 1 is 1.33 bits per heavy atom. The second kappa shape index (κ2) is 6.44. The van der Waals surface area contributed by atoms with Crippen LogP contribution in [0.3, 0.4) is 0 Å². The molecule has 0 atom stereocenters. The van der Waals surface area contributed by atoms with Crippen LogP contribution in [0.25, 0.3) is 0 Å². The molecule has 1 aromatic carbocycles. The molecule has 0 amide bonds. The fourth-order valence-corrected chi connectivity index (χ4v) is 2.27. The lowest BCUT2D eigenvalue weighted by Crippen LogP contribution is -2.41. The first-order valence-electron chi connectivity index (χ1n) is 6.70. The highest BCUT2D eigenvalue weighted by molar-refractivity contribution is 5.97. The van der Waals surface area contributed by atoms with Crippen LogP contribution in [-0.4, -0.2) is 42.7 Å². The summed E-state index contributed by atoms with van der Waals surface area (Å²) >= 11 is 0. The van der Waals surface area contributed by atoms with Gasteiger partial charge in [0.05, 0.1) is 6.54 Å². The average molecular weight is 302 g/mol. The zero-order valence-electron chi connectivity index (χ0n) is 11.4. The summed E-state index contributed by atoms with van der Waals surface area (Å²) in [6, 6.07) is 5.32. The molecule has 0 spiro atoms. The lowest BCUT2D eigenvalue weighted by molar-refractivity contribution is -0.274. The summed E-state index contributed by atoms with van der Waals surface area (Å²) in [5.41, 5.74) is 6.00. The molecule has 0 aromatic heterocycles. The fourth-order valence-electron chi connectivity index (χ4n) is 2.27. The van der Waals surface area contributed by atoms with Gasteiger partial charge < -0.3 is 10.5 Å². The van der Waals surface area contributed by atoms with Gasteiger partial charge >= 0.3 is 6.36 Å². The van der Waals surface area contributed by atoms with Gasteiger partial charge in [0.15, 0.2) is 5.78 Å². The van der Waals surface area contributed by atoms with Crippen LogP contribution in [0.5, 0.6) is 5.75 Å². The van der Waals surface area contributed by atoms with Crippen LogP contribution >= 0.6 is 0 Å². The lowest BCUT2D eigenvalue weighted by atomic mass is 10.0. The van der Waals surface area contributed by atoms with Crippen molar-refractivity contribution in [2.45, 2.75) is 25.2 Å². The number of ketones is 1. The van der Waals surface area contributed by atoms with Gasteiger partial charge in [-0.05, 0) is 25.0 Å². The van der Waals surface area contributed by atoms with Gasteiger partial charge in [-0.15, -0.1) is 13.2 Å². The number of carbonyl (C=O) groups excluding carboxylic acids is 1. The number of likely N-dealkylation sites (tertiary alicyclic amines) is 1. The summed E-state index contributed by atoms with van der Waals surface area (Å²) in [6.07, 6.45) is -3.11. The highest BCUT2D eigenvalue weighted by atomic mass is 19.4. The first-order valence-corrected chi connectivity index (χ1v) is 6.70. The SMILES string of the molecule is NC1CCN(CC(=O)c2cccc(OC(F)(F)F)c2)CC1. The maximum Gasteiger partial charge on any atom is 0.573 e. The number of Topliss-reactive ketones (excluding diaryl/α,β-unsaturated/α-hetero) is 1. The largest absolute Gasteiger partial charge is 0.573 e. The molecule has 4 nitrogen and oxygen atoms in total. The van der Waals surface area contributed by atoms with Crippen LogP contribution in [0.15, 0.2) is 24.3 Å². The van der Waals surface area contributed by atoms with Crippen molar-refractivity contribution in [3.8, 4) is 5.75 Å². The number of piperidine rings is 1. The monoisotopic (exact) mass is 302 g/mol. The molecular weight excluding hydrogens is 285 g/mol. The van der Waals surface area contributed by atoms with Crippen LogP contribution in [0.4, 0.5) is 13.2 Å². The zero-order chi connectivity index (χ0) is 15.5. The summed E-state index contributed by atoms with van der Waals surface area (Å²) in [4.78, 5) is 14.1. The van der Waals surface area contributed by atoms with Gasteiger partial charge in [-0.25, -0.2) is 0 Å². The first-order chi connectivity index (χ1) is 9.83. The molecule has 2 N–H and O–H groups in total. The fraction of sp³-hybridized carbons (Fsp3) is 0.500. The van der Waals surface area contributed by atoms with Gasteiger partial charge in [0.1, 0.15) is 5.75 Å². The Bertz CT molecular complexity index is 497. The van der Waals surface area contributed by atoms with Crippen LogP contribution in [-0.2, 0) is 0 Å². The molecule has 1 aliphatic heterocycles. The van der Waals surface area contributed by atoms with Crippen molar-refractivity contribution in [3.05, 3.63) is 29.8 Å². The highest BCUT2D eigenvalue weighted by Crippen LogP contribution is 2.23. The van der Waals surface area contributed by atoms with Crippen LogP contribution in [0, 0.1) is 0 Å². The summed E-state index contributed by atoms with van der Waals surface area (Å²) in [5.74, 6) is -0.605. The number of hydrogen-bond acceptors (Lipinski definition) is 4. The molecule has 0 radical (unpaired) electrons. The second-order valence-corrected chi connectivity index (χ2v) is 5.11. The van der Waals surface area contributed by atoms with Gasteiger partial charge in [0.25, 0.3) is 0 Å². The standard InChI is InChI=1S/C14H17F3N2O2/c15-14(16,17)21-12-3-1-2-10(8-12)13(20)9-19-6-4-11(18)5-7-19/h1-3,8,11H,4-7,9,18H2. The third-order valence-electron chi connectivity index (χ3n) is 3.39. The molecule has 1 fully saturated rings. The molecule has 0 aliphatic carbocycles. The molecule has 21 heavy (non-hydrogen) atoms. The van der Waals surface area contributed by atoms with Crippen molar-refractivity contribution in [1.82, 2.24) is 4.90 Å². The quantitative estimate of drug-likeness (QED) is 0.866. The van der Waals surface area contributed by atoms with Gasteiger partial charge in [0, 0.05) is 24.7 Å². The summed E-state index contributed by atoms with van der Waals surface area (Å²) < 4.78 is 40.3. The lowest BCUT2D eigenvalue weighted by Gasteiger charge is -2.29. The predicted octanol–water partition coefficient (Wildman–Crippen LogP) is 2.19. The molecule has 0 saturated carbocycles. The van der Waals surface area contributed by atoms with E-state index in [1.54, 1.807) is 0 Å². The van der Waals surface area contributed by atoms with E-state index < -0.39 is 6.36 Å². The maximum atomic E-state index is 12.2. The van der Waals surface area contributed by atoms with Crippen LogP contribution < -0.4 is 10.5 Å². The topological polar surface area (TPSA) is 55.6 Å². The molecule has 1 aromatic rings. The summed E-state index contributed by atoms with van der Waals surface area (Å²) in [6.45, 7) is 1.64. The summed E-state index contributed by atoms with van der Waals surface area (Å²) in [7, 11) is 0. The Hall–Kier alpha value is -1.60. The molecular formula is C14H17F3N2O2. The minimum atomic E-state index is -4.76. The maximum absolute atomic E-state index is 12.2. The smallest absolute Gasteiger partial charge is 0.406 e. The van der Waals surface area contributed by atoms with Gasteiger partial charge in [-0.1, -0.05) is 12.1 Å². The van der Waals surface area contributed by atoms with E-state index in [1.807, 2.05) is 4.90 Å². The van der Waals surface area contributed by atoms with Crippen LogP contribution in [0.1, 0.15) is 23.2 Å². The number of ether oxygens (including phenoxy) is 1. The number of benzene rings is 1. The molecule has 1 aliphatic rings.